The zero-order valence-electron chi connectivity index (χ0n) is 17.1. The number of rotatable bonds is 8. The summed E-state index contributed by atoms with van der Waals surface area (Å²) in [5, 5.41) is 8.58. The molecule has 2 heterocycles. The van der Waals surface area contributed by atoms with Crippen LogP contribution in [0.5, 0.6) is 5.75 Å². The third-order valence-corrected chi connectivity index (χ3v) is 5.64. The molecule has 2 aromatic heterocycles. The molecule has 1 unspecified atom stereocenters. The fraction of sp³-hybridized carbons (Fsp3) is 0.429. The predicted molar refractivity (Wildman–Crippen MR) is 129 cm³/mol. The van der Waals surface area contributed by atoms with Crippen LogP contribution in [0.3, 0.4) is 0 Å². The average molecular weight is 543 g/mol. The van der Waals surface area contributed by atoms with Gasteiger partial charge in [-0.1, -0.05) is 6.07 Å². The van der Waals surface area contributed by atoms with E-state index >= 15 is 0 Å². The Bertz CT molecular complexity index is 972. The lowest BCUT2D eigenvalue weighted by atomic mass is 10.1. The number of nitrogens with zero attached hydrogens (tertiary/aromatic N) is 3. The molecule has 0 amide bonds. The first-order chi connectivity index (χ1) is 14.1. The van der Waals surface area contributed by atoms with Crippen LogP contribution >= 0.6 is 35.3 Å². The van der Waals surface area contributed by atoms with Gasteiger partial charge in [-0.2, -0.15) is 0 Å². The number of benzene rings is 1. The summed E-state index contributed by atoms with van der Waals surface area (Å²) in [6.07, 6.45) is 6.34. The summed E-state index contributed by atoms with van der Waals surface area (Å²) in [5.74, 6) is 1.27. The zero-order chi connectivity index (χ0) is 20.2. The summed E-state index contributed by atoms with van der Waals surface area (Å²) < 4.78 is 22.0. The van der Waals surface area contributed by atoms with Gasteiger partial charge in [0.2, 0.25) is 0 Å². The highest BCUT2D eigenvalue weighted by Crippen LogP contribution is 2.30. The van der Waals surface area contributed by atoms with Crippen molar-refractivity contribution in [2.75, 3.05) is 13.2 Å². The van der Waals surface area contributed by atoms with Crippen molar-refractivity contribution in [2.45, 2.75) is 39.3 Å². The maximum Gasteiger partial charge on any atom is 0.193 e. The Balaban J connectivity index is 0.00000256. The lowest BCUT2D eigenvalue weighted by molar-refractivity contribution is 0.285. The Labute approximate surface area is 197 Å². The number of fused-ring (bicyclic) bond motifs is 1. The second-order valence-corrected chi connectivity index (χ2v) is 8.20. The maximum absolute atomic E-state index is 14.4. The van der Waals surface area contributed by atoms with E-state index in [4.69, 9.17) is 4.74 Å². The van der Waals surface area contributed by atoms with Gasteiger partial charge in [-0.05, 0) is 50.3 Å². The van der Waals surface area contributed by atoms with Gasteiger partial charge < -0.3 is 15.4 Å². The van der Waals surface area contributed by atoms with Crippen molar-refractivity contribution in [3.05, 3.63) is 53.0 Å². The zero-order valence-corrected chi connectivity index (χ0v) is 20.2. The summed E-state index contributed by atoms with van der Waals surface area (Å²) in [6, 6.07) is 5.04. The molecule has 4 rings (SSSR count). The first-order valence-corrected chi connectivity index (χ1v) is 10.9. The third kappa shape index (κ3) is 5.84. The molecule has 6 nitrogen and oxygen atoms in total. The molecule has 0 saturated heterocycles. The minimum Gasteiger partial charge on any atom is -0.490 e. The highest BCUT2D eigenvalue weighted by atomic mass is 127. The fourth-order valence-corrected chi connectivity index (χ4v) is 3.74. The summed E-state index contributed by atoms with van der Waals surface area (Å²) >= 11 is 1.60. The lowest BCUT2D eigenvalue weighted by Gasteiger charge is -2.19. The van der Waals surface area contributed by atoms with E-state index < -0.39 is 0 Å². The third-order valence-electron chi connectivity index (χ3n) is 4.87. The van der Waals surface area contributed by atoms with Crippen LogP contribution in [0.15, 0.2) is 41.0 Å². The molecule has 3 aromatic rings. The SMILES string of the molecule is CCNC(=NCc1cn2ccsc2n1)NC(C)c1ccc(OCC2CC2)c(F)c1.I. The lowest BCUT2D eigenvalue weighted by Crippen LogP contribution is -2.38. The van der Waals surface area contributed by atoms with Crippen molar-refractivity contribution in [2.24, 2.45) is 10.9 Å². The topological polar surface area (TPSA) is 63.0 Å². The molecule has 0 aliphatic heterocycles. The van der Waals surface area contributed by atoms with Crippen molar-refractivity contribution in [1.82, 2.24) is 20.0 Å². The van der Waals surface area contributed by atoms with E-state index in [1.807, 2.05) is 42.1 Å². The van der Waals surface area contributed by atoms with Gasteiger partial charge in [-0.15, -0.1) is 35.3 Å². The Kier molecular flexibility index (Phi) is 7.93. The molecular formula is C21H27FIN5OS. The number of guanidine groups is 1. The molecule has 2 N–H and O–H groups in total. The van der Waals surface area contributed by atoms with Crippen molar-refractivity contribution in [3.63, 3.8) is 0 Å². The van der Waals surface area contributed by atoms with Crippen LogP contribution in [0.25, 0.3) is 4.96 Å². The molecule has 1 saturated carbocycles. The Morgan fingerprint density at radius 2 is 2.27 bits per heavy atom. The second kappa shape index (κ2) is 10.4. The van der Waals surface area contributed by atoms with Crippen molar-refractivity contribution < 1.29 is 9.13 Å². The number of imidazole rings is 1. The van der Waals surface area contributed by atoms with E-state index in [2.05, 4.69) is 20.6 Å². The molecular weight excluding hydrogens is 516 g/mol. The molecule has 1 aliphatic carbocycles. The van der Waals surface area contributed by atoms with Gasteiger partial charge in [0.25, 0.3) is 0 Å². The number of hydrogen-bond acceptors (Lipinski definition) is 4. The number of halogens is 2. The van der Waals surface area contributed by atoms with Crippen LogP contribution in [-0.4, -0.2) is 28.5 Å². The fourth-order valence-electron chi connectivity index (χ4n) is 3.02. The smallest absolute Gasteiger partial charge is 0.193 e. The van der Waals surface area contributed by atoms with E-state index in [9.17, 15) is 4.39 Å². The normalized spacial score (nSPS) is 15.0. The molecule has 1 aliphatic rings. The monoisotopic (exact) mass is 543 g/mol. The summed E-state index contributed by atoms with van der Waals surface area (Å²) in [7, 11) is 0. The summed E-state index contributed by atoms with van der Waals surface area (Å²) in [6.45, 7) is 5.81. The van der Waals surface area contributed by atoms with Crippen molar-refractivity contribution in [1.29, 1.82) is 0 Å². The minimum absolute atomic E-state index is 0. The minimum atomic E-state index is -0.322. The molecule has 1 aromatic carbocycles. The van der Waals surface area contributed by atoms with E-state index in [0.717, 1.165) is 22.8 Å². The van der Waals surface area contributed by atoms with Crippen molar-refractivity contribution >= 4 is 46.2 Å². The average Bonchev–Trinajstić information content (AvgIpc) is 3.29. The molecule has 1 atom stereocenters. The van der Waals surface area contributed by atoms with Crippen LogP contribution in [0.2, 0.25) is 0 Å². The molecule has 0 bridgehead atoms. The molecule has 162 valence electrons. The highest BCUT2D eigenvalue weighted by molar-refractivity contribution is 14.0. The molecule has 30 heavy (non-hydrogen) atoms. The first kappa shape index (κ1) is 22.8. The number of nitrogens with one attached hydrogen (secondary N) is 2. The summed E-state index contributed by atoms with van der Waals surface area (Å²) in [4.78, 5) is 10.1. The van der Waals surface area contributed by atoms with Crippen LogP contribution in [-0.2, 0) is 6.54 Å². The molecule has 0 spiro atoms. The van der Waals surface area contributed by atoms with Gasteiger partial charge in [-0.3, -0.25) is 4.40 Å². The Hall–Kier alpha value is -1.88. The number of ether oxygens (including phenoxy) is 1. The van der Waals surface area contributed by atoms with E-state index in [-0.39, 0.29) is 35.8 Å². The van der Waals surface area contributed by atoms with Gasteiger partial charge in [0.1, 0.15) is 0 Å². The van der Waals surface area contributed by atoms with Crippen LogP contribution in [0, 0.1) is 11.7 Å². The molecule has 0 radical (unpaired) electrons. The van der Waals surface area contributed by atoms with Crippen molar-refractivity contribution in [3.8, 4) is 5.75 Å². The van der Waals surface area contributed by atoms with Crippen LogP contribution < -0.4 is 15.4 Å². The number of hydrogen-bond donors (Lipinski definition) is 2. The number of aromatic nitrogens is 2. The predicted octanol–water partition coefficient (Wildman–Crippen LogP) is 4.76. The van der Waals surface area contributed by atoms with E-state index in [0.29, 0.717) is 30.8 Å². The van der Waals surface area contributed by atoms with E-state index in [1.54, 1.807) is 17.4 Å². The maximum atomic E-state index is 14.4. The van der Waals surface area contributed by atoms with Crippen LogP contribution in [0.4, 0.5) is 4.39 Å². The van der Waals surface area contributed by atoms with E-state index in [1.165, 1.54) is 18.9 Å². The van der Waals surface area contributed by atoms with Gasteiger partial charge in [0.05, 0.1) is 24.9 Å². The molecule has 9 heteroatoms. The van der Waals surface area contributed by atoms with Gasteiger partial charge >= 0.3 is 0 Å². The number of aliphatic imine (C=N–C) groups is 1. The van der Waals surface area contributed by atoms with Gasteiger partial charge in [0.15, 0.2) is 22.5 Å². The Morgan fingerprint density at radius 3 is 2.97 bits per heavy atom. The number of thiazole rings is 1. The standard InChI is InChI=1S/C21H26FN5OS.HI/c1-3-23-20(24-11-17-12-27-8-9-29-21(27)26-17)25-14(2)16-6-7-19(18(22)10-16)28-13-15-4-5-15;/h6-10,12,14-15H,3-5,11,13H2,1-2H3,(H2,23,24,25);1H. The highest BCUT2D eigenvalue weighted by Gasteiger charge is 2.22. The quantitative estimate of drug-likeness (QED) is 0.245. The largest absolute Gasteiger partial charge is 0.490 e. The Morgan fingerprint density at radius 1 is 1.43 bits per heavy atom. The summed E-state index contributed by atoms with van der Waals surface area (Å²) in [5.41, 5.74) is 1.75. The van der Waals surface area contributed by atoms with Gasteiger partial charge in [0, 0.05) is 24.3 Å². The second-order valence-electron chi connectivity index (χ2n) is 7.33. The molecule has 1 fully saturated rings. The first-order valence-electron chi connectivity index (χ1n) is 10.0. The van der Waals surface area contributed by atoms with Crippen LogP contribution in [0.1, 0.15) is 44.0 Å². The van der Waals surface area contributed by atoms with Gasteiger partial charge in [-0.25, -0.2) is 14.4 Å².